The number of allylic oxidation sites excluding steroid dienone is 1. The molecule has 1 aromatic heterocycles. The number of carboxylic acid groups (broad SMARTS) is 1. The molecule has 41 heavy (non-hydrogen) atoms. The molecule has 1 atom stereocenters. The zero-order valence-corrected chi connectivity index (χ0v) is 23.5. The van der Waals surface area contributed by atoms with E-state index in [1.807, 2.05) is 0 Å². The minimum absolute atomic E-state index is 0.0495. The van der Waals surface area contributed by atoms with Gasteiger partial charge >= 0.3 is 11.9 Å². The van der Waals surface area contributed by atoms with Crippen LogP contribution in [0.5, 0.6) is 5.75 Å². The van der Waals surface area contributed by atoms with Gasteiger partial charge in [-0.3, -0.25) is 4.79 Å². The first-order valence-corrected chi connectivity index (χ1v) is 13.1. The summed E-state index contributed by atoms with van der Waals surface area (Å²) in [6.45, 7) is 3.29. The molecule has 0 fully saturated rings. The Kier molecular flexibility index (Phi) is 9.37. The summed E-state index contributed by atoms with van der Waals surface area (Å²) in [5.41, 5.74) is 4.32. The van der Waals surface area contributed by atoms with Gasteiger partial charge in [0.1, 0.15) is 17.3 Å². The molecule has 212 valence electrons. The SMILES string of the molecule is CCOC(=O)C1=C(C)NC(=S)N[C@H]1c1ccccc1OCC(=O)NN=Cc1ccc(-c2ccc(Cl)c(C(=O)O)c2)o1. The number of ether oxygens (including phenoxy) is 2. The lowest BCUT2D eigenvalue weighted by Gasteiger charge is -2.30. The van der Waals surface area contributed by atoms with Gasteiger partial charge in [0.25, 0.3) is 5.91 Å². The number of para-hydroxylation sites is 1. The topological polar surface area (TPSA) is 151 Å². The van der Waals surface area contributed by atoms with Gasteiger partial charge in [0.15, 0.2) is 11.7 Å². The number of benzene rings is 2. The second kappa shape index (κ2) is 13.1. The average Bonchev–Trinajstić information content (AvgIpc) is 3.40. The van der Waals surface area contributed by atoms with Gasteiger partial charge in [-0.05, 0) is 62.5 Å². The van der Waals surface area contributed by atoms with Crippen LogP contribution < -0.4 is 20.8 Å². The van der Waals surface area contributed by atoms with Gasteiger partial charge in [0.05, 0.1) is 35.0 Å². The van der Waals surface area contributed by atoms with Crippen LogP contribution in [0, 0.1) is 0 Å². The van der Waals surface area contributed by atoms with Crippen LogP contribution in [-0.2, 0) is 14.3 Å². The largest absolute Gasteiger partial charge is 0.483 e. The fraction of sp³-hybridized carbons (Fsp3) is 0.179. The van der Waals surface area contributed by atoms with Gasteiger partial charge in [-0.2, -0.15) is 5.10 Å². The molecule has 0 spiro atoms. The normalized spacial score (nSPS) is 14.8. The third-order valence-corrected chi connectivity index (χ3v) is 6.39. The number of furan rings is 1. The molecule has 0 saturated carbocycles. The van der Waals surface area contributed by atoms with Crippen LogP contribution >= 0.6 is 23.8 Å². The maximum Gasteiger partial charge on any atom is 0.338 e. The third-order valence-electron chi connectivity index (χ3n) is 5.84. The maximum atomic E-state index is 12.7. The Labute approximate surface area is 245 Å². The predicted octanol–water partition coefficient (Wildman–Crippen LogP) is 4.18. The summed E-state index contributed by atoms with van der Waals surface area (Å²) in [7, 11) is 0. The van der Waals surface area contributed by atoms with Gasteiger partial charge in [-0.25, -0.2) is 15.0 Å². The van der Waals surface area contributed by atoms with E-state index in [0.717, 1.165) is 0 Å². The number of halogens is 1. The molecule has 11 nitrogen and oxygen atoms in total. The Morgan fingerprint density at radius 3 is 2.73 bits per heavy atom. The first-order chi connectivity index (χ1) is 19.7. The van der Waals surface area contributed by atoms with E-state index < -0.39 is 23.9 Å². The van der Waals surface area contributed by atoms with Gasteiger partial charge < -0.3 is 29.6 Å². The van der Waals surface area contributed by atoms with E-state index >= 15 is 0 Å². The van der Waals surface area contributed by atoms with Gasteiger partial charge in [0, 0.05) is 16.8 Å². The van der Waals surface area contributed by atoms with Crippen molar-refractivity contribution in [2.24, 2.45) is 5.10 Å². The standard InChI is InChI=1S/C28H25ClN4O7S/c1-3-38-27(37)24-15(2)31-28(41)32-25(24)18-6-4-5-7-22(18)39-14-23(34)33-30-13-17-9-11-21(40-17)16-8-10-20(29)19(12-16)26(35)36/h4-13,25H,3,14H2,1-2H3,(H,33,34)(H,35,36)(H2,31,32,41)/t25-/m0/s1. The maximum absolute atomic E-state index is 12.7. The Morgan fingerprint density at radius 1 is 1.20 bits per heavy atom. The molecule has 2 aromatic carbocycles. The number of nitrogens with zero attached hydrogens (tertiary/aromatic N) is 1. The van der Waals surface area contributed by atoms with Crippen LogP contribution in [0.25, 0.3) is 11.3 Å². The van der Waals surface area contributed by atoms with E-state index in [0.29, 0.717) is 44.8 Å². The summed E-state index contributed by atoms with van der Waals surface area (Å²) >= 11 is 11.2. The number of rotatable bonds is 10. The number of amides is 1. The van der Waals surface area contributed by atoms with E-state index in [1.165, 1.54) is 18.3 Å². The summed E-state index contributed by atoms with van der Waals surface area (Å²) in [6, 6.07) is 14.1. The van der Waals surface area contributed by atoms with Crippen molar-refractivity contribution in [3.63, 3.8) is 0 Å². The molecule has 4 rings (SSSR count). The summed E-state index contributed by atoms with van der Waals surface area (Å²) in [5.74, 6) is -1.12. The van der Waals surface area contributed by atoms with E-state index in [-0.39, 0.29) is 23.8 Å². The predicted molar refractivity (Wildman–Crippen MR) is 155 cm³/mol. The number of aromatic carboxylic acids is 1. The second-order valence-electron chi connectivity index (χ2n) is 8.61. The van der Waals surface area contributed by atoms with Crippen molar-refractivity contribution in [1.82, 2.24) is 16.1 Å². The summed E-state index contributed by atoms with van der Waals surface area (Å²) in [6.07, 6.45) is 1.29. The van der Waals surface area contributed by atoms with Crippen molar-refractivity contribution < 1.29 is 33.4 Å². The number of hydrogen-bond acceptors (Lipinski definition) is 8. The molecule has 4 N–H and O–H groups in total. The zero-order chi connectivity index (χ0) is 29.5. The summed E-state index contributed by atoms with van der Waals surface area (Å²) in [4.78, 5) is 36.5. The molecule has 3 aromatic rings. The minimum atomic E-state index is -1.15. The molecule has 2 heterocycles. The Bertz CT molecular complexity index is 1570. The Morgan fingerprint density at radius 2 is 1.98 bits per heavy atom. The van der Waals surface area contributed by atoms with Crippen molar-refractivity contribution in [3.05, 3.63) is 87.8 Å². The highest BCUT2D eigenvalue weighted by Gasteiger charge is 2.32. The number of carboxylic acids is 1. The van der Waals surface area contributed by atoms with Gasteiger partial charge in [0.2, 0.25) is 0 Å². The van der Waals surface area contributed by atoms with E-state index in [9.17, 15) is 19.5 Å². The highest BCUT2D eigenvalue weighted by molar-refractivity contribution is 7.80. The molecule has 0 saturated heterocycles. The molecule has 0 aliphatic carbocycles. The van der Waals surface area contributed by atoms with Crippen molar-refractivity contribution >= 4 is 53.0 Å². The van der Waals surface area contributed by atoms with Crippen LogP contribution in [0.1, 0.15) is 41.6 Å². The smallest absolute Gasteiger partial charge is 0.338 e. The fourth-order valence-electron chi connectivity index (χ4n) is 4.02. The summed E-state index contributed by atoms with van der Waals surface area (Å²) < 4.78 is 16.7. The average molecular weight is 597 g/mol. The number of hydrazone groups is 1. The van der Waals surface area contributed by atoms with Crippen LogP contribution in [0.4, 0.5) is 0 Å². The molecule has 0 bridgehead atoms. The number of carbonyl (C=O) groups is 3. The molecule has 1 amide bonds. The third kappa shape index (κ3) is 7.10. The first kappa shape index (κ1) is 29.3. The number of carbonyl (C=O) groups excluding carboxylic acids is 2. The number of thiocarbonyl (C=S) groups is 1. The van der Waals surface area contributed by atoms with Crippen LogP contribution in [0.15, 0.2) is 75.4 Å². The summed E-state index contributed by atoms with van der Waals surface area (Å²) in [5, 5.41) is 19.6. The highest BCUT2D eigenvalue weighted by atomic mass is 35.5. The quantitative estimate of drug-likeness (QED) is 0.116. The van der Waals surface area contributed by atoms with Crippen LogP contribution in [-0.4, -0.2) is 47.5 Å². The lowest BCUT2D eigenvalue weighted by atomic mass is 9.95. The van der Waals surface area contributed by atoms with E-state index in [1.54, 1.807) is 56.3 Å². The molecule has 0 radical (unpaired) electrons. The molecule has 1 aliphatic rings. The highest BCUT2D eigenvalue weighted by Crippen LogP contribution is 2.33. The fourth-order valence-corrected chi connectivity index (χ4v) is 4.49. The zero-order valence-electron chi connectivity index (χ0n) is 21.9. The second-order valence-corrected chi connectivity index (χ2v) is 9.43. The first-order valence-electron chi connectivity index (χ1n) is 12.3. The molecular formula is C28H25ClN4O7S. The van der Waals surface area contributed by atoms with Crippen molar-refractivity contribution in [1.29, 1.82) is 0 Å². The monoisotopic (exact) mass is 596 g/mol. The van der Waals surface area contributed by atoms with Crippen molar-refractivity contribution in [2.75, 3.05) is 13.2 Å². The molecule has 0 unspecified atom stereocenters. The minimum Gasteiger partial charge on any atom is -0.483 e. The number of esters is 1. The van der Waals surface area contributed by atoms with Crippen LogP contribution in [0.3, 0.4) is 0 Å². The van der Waals surface area contributed by atoms with Crippen molar-refractivity contribution in [2.45, 2.75) is 19.9 Å². The van der Waals surface area contributed by atoms with Crippen LogP contribution in [0.2, 0.25) is 5.02 Å². The molecular weight excluding hydrogens is 572 g/mol. The molecule has 13 heteroatoms. The Hall–Kier alpha value is -4.68. The lowest BCUT2D eigenvalue weighted by Crippen LogP contribution is -2.45. The number of nitrogens with one attached hydrogen (secondary N) is 3. The number of hydrogen-bond donors (Lipinski definition) is 4. The molecule has 1 aliphatic heterocycles. The van der Waals surface area contributed by atoms with E-state index in [4.69, 9.17) is 37.7 Å². The van der Waals surface area contributed by atoms with Gasteiger partial charge in [-0.15, -0.1) is 0 Å². The van der Waals surface area contributed by atoms with Crippen molar-refractivity contribution in [3.8, 4) is 17.1 Å². The van der Waals surface area contributed by atoms with E-state index in [2.05, 4.69) is 21.2 Å². The van der Waals surface area contributed by atoms with Gasteiger partial charge in [-0.1, -0.05) is 29.8 Å². The lowest BCUT2D eigenvalue weighted by molar-refractivity contribution is -0.139. The Balaban J connectivity index is 1.40.